The van der Waals surface area contributed by atoms with E-state index in [1.54, 1.807) is 6.33 Å². The number of aromatic nitrogens is 4. The number of hydrogen-bond acceptors (Lipinski definition) is 5. The van der Waals surface area contributed by atoms with Crippen LogP contribution in [-0.2, 0) is 9.16 Å². The average molecular weight is 635 g/mol. The van der Waals surface area contributed by atoms with E-state index >= 15 is 0 Å². The molecular weight excluding hydrogens is 600 g/mol. The molecule has 1 aliphatic heterocycles. The molecule has 0 radical (unpaired) electrons. The topological polar surface area (TPSA) is 82.0 Å². The quantitative estimate of drug-likeness (QED) is 0.208. The van der Waals surface area contributed by atoms with Gasteiger partial charge >= 0.3 is 248 Å². The van der Waals surface area contributed by atoms with Crippen LogP contribution in [0.2, 0.25) is 9.85 Å². The molecule has 0 aliphatic carbocycles. The monoisotopic (exact) mass is 635 g/mol. The van der Waals surface area contributed by atoms with E-state index in [0.29, 0.717) is 17.8 Å². The van der Waals surface area contributed by atoms with Crippen LogP contribution in [0.15, 0.2) is 108 Å². The SMILES string of the molecule is CC(C)(C)[Si](O[13CH2][13C@@H]1[13CH2][13C@@H]([Se]c2ccccc2)[13C@H](n2cnc3c(=O)[nH]cnc32)O1)(c1ccccc1)c1ccccc1. The van der Waals surface area contributed by atoms with Gasteiger partial charge in [0.1, 0.15) is 0 Å². The van der Waals surface area contributed by atoms with Crippen LogP contribution in [0.3, 0.4) is 0 Å². The summed E-state index contributed by atoms with van der Waals surface area (Å²) in [6.45, 7) is 7.35. The number of ether oxygens (including phenoxy) is 1. The third-order valence-electron chi connectivity index (χ3n) is 7.72. The number of benzene rings is 3. The molecule has 3 aromatic carbocycles. The van der Waals surface area contributed by atoms with Gasteiger partial charge < -0.3 is 0 Å². The first-order valence-electron chi connectivity index (χ1n) is 13.9. The molecule has 2 aromatic heterocycles. The Kier molecular flexibility index (Phi) is 7.81. The van der Waals surface area contributed by atoms with E-state index in [-0.39, 0.29) is 42.7 Å². The number of hydrogen-bond donors (Lipinski definition) is 1. The number of nitrogens with zero attached hydrogens (tertiary/aromatic N) is 3. The van der Waals surface area contributed by atoms with Crippen molar-refractivity contribution in [3.63, 3.8) is 0 Å². The fourth-order valence-electron chi connectivity index (χ4n) is 5.88. The summed E-state index contributed by atoms with van der Waals surface area (Å²) in [4.78, 5) is 24.1. The van der Waals surface area contributed by atoms with Crippen LogP contribution >= 0.6 is 0 Å². The maximum atomic E-state index is 12.4. The van der Waals surface area contributed by atoms with Gasteiger partial charge in [-0.25, -0.2) is 0 Å². The van der Waals surface area contributed by atoms with E-state index in [1.807, 2.05) is 10.6 Å². The summed E-state index contributed by atoms with van der Waals surface area (Å²) in [6, 6.07) is 32.0. The Morgan fingerprint density at radius 2 is 1.56 bits per heavy atom. The standard InChI is InChI=1S/C32H34N4O3SeSi/c1-32(2,3)41(25-15-9-5-10-16-25,26-17-11-6-12-18-26)38-20-23-19-27(40-24-13-7-4-8-14-24)31(39-23)36-22-35-28-29(36)33-21-34-30(28)37/h4-18,21-23,27,31H,19-20H2,1-3H3,(H,33,34,37)/t23-,27+,31+/m0/s1/i19+1,20+1,23+1,27+1,31+1. The summed E-state index contributed by atoms with van der Waals surface area (Å²) in [6.07, 6.45) is 3.56. The minimum absolute atomic E-state index is 0.114. The maximum absolute atomic E-state index is 12.4. The van der Waals surface area contributed by atoms with Gasteiger partial charge in [0.05, 0.1) is 0 Å². The molecule has 9 heteroatoms. The Morgan fingerprint density at radius 1 is 0.951 bits per heavy atom. The zero-order valence-electron chi connectivity index (χ0n) is 23.4. The molecule has 1 aliphatic rings. The second-order valence-corrected chi connectivity index (χ2v) is 18.4. The van der Waals surface area contributed by atoms with Crippen molar-refractivity contribution in [1.82, 2.24) is 19.5 Å². The van der Waals surface area contributed by atoms with Crippen molar-refractivity contribution in [2.24, 2.45) is 0 Å². The zero-order chi connectivity index (χ0) is 28.5. The van der Waals surface area contributed by atoms with Gasteiger partial charge in [-0.05, 0) is 0 Å². The van der Waals surface area contributed by atoms with Crippen LogP contribution in [0.4, 0.5) is 0 Å². The number of aromatic amines is 1. The van der Waals surface area contributed by atoms with Crippen LogP contribution in [0.25, 0.3) is 11.2 Å². The molecule has 1 saturated heterocycles. The predicted octanol–water partition coefficient (Wildman–Crippen LogP) is 3.80. The summed E-state index contributed by atoms with van der Waals surface area (Å²) in [7, 11) is -2.70. The second-order valence-electron chi connectivity index (χ2n) is 11.4. The molecule has 1 fully saturated rings. The molecule has 3 heterocycles. The van der Waals surface area contributed by atoms with Gasteiger partial charge in [0.25, 0.3) is 0 Å². The molecule has 6 rings (SSSR count). The molecule has 5 aromatic rings. The first-order valence-corrected chi connectivity index (χ1v) is 17.6. The Labute approximate surface area is 247 Å². The summed E-state index contributed by atoms with van der Waals surface area (Å²) in [5.74, 6) is 0. The molecule has 0 unspecified atom stereocenters. The first-order chi connectivity index (χ1) is 19.9. The van der Waals surface area contributed by atoms with Gasteiger partial charge in [-0.15, -0.1) is 0 Å². The Bertz CT molecular complexity index is 1620. The van der Waals surface area contributed by atoms with Gasteiger partial charge in [-0.2, -0.15) is 0 Å². The first kappa shape index (κ1) is 27.8. The van der Waals surface area contributed by atoms with Crippen molar-refractivity contribution in [3.8, 4) is 0 Å². The zero-order valence-corrected chi connectivity index (χ0v) is 26.1. The molecule has 0 amide bonds. The second kappa shape index (κ2) is 11.5. The van der Waals surface area contributed by atoms with Crippen molar-refractivity contribution in [2.45, 2.75) is 49.4 Å². The Balaban J connectivity index is 1.35. The van der Waals surface area contributed by atoms with Crippen molar-refractivity contribution < 1.29 is 9.16 Å². The molecule has 1 N–H and O–H groups in total. The molecule has 0 spiro atoms. The van der Waals surface area contributed by atoms with Gasteiger partial charge in [-0.3, -0.25) is 0 Å². The van der Waals surface area contributed by atoms with Crippen molar-refractivity contribution in [1.29, 1.82) is 0 Å². The number of nitrogens with one attached hydrogen (secondary N) is 1. The summed E-state index contributed by atoms with van der Waals surface area (Å²) in [5.41, 5.74) is 0.624. The number of imidazole rings is 1. The van der Waals surface area contributed by atoms with Gasteiger partial charge in [0, 0.05) is 0 Å². The minimum atomic E-state index is -2.70. The third kappa shape index (κ3) is 5.36. The fraction of sp³-hybridized carbons (Fsp3) is 0.281. The van der Waals surface area contributed by atoms with E-state index in [9.17, 15) is 4.79 Å². The molecule has 41 heavy (non-hydrogen) atoms. The molecule has 0 saturated carbocycles. The van der Waals surface area contributed by atoms with Crippen LogP contribution < -0.4 is 20.4 Å². The molecule has 0 bridgehead atoms. The van der Waals surface area contributed by atoms with Crippen LogP contribution in [-0.4, -0.2) is 55.5 Å². The Hall–Kier alpha value is -3.33. The van der Waals surface area contributed by atoms with Crippen LogP contribution in [0.5, 0.6) is 0 Å². The van der Waals surface area contributed by atoms with Gasteiger partial charge in [0.15, 0.2) is 0 Å². The third-order valence-corrected chi connectivity index (χ3v) is 15.4. The van der Waals surface area contributed by atoms with Crippen molar-refractivity contribution >= 4 is 49.3 Å². The summed E-state index contributed by atoms with van der Waals surface area (Å²) in [5, 5.41) is 2.39. The van der Waals surface area contributed by atoms with Gasteiger partial charge in [-0.1, -0.05) is 0 Å². The molecule has 3 atom stereocenters. The average Bonchev–Trinajstić information content (AvgIpc) is 3.59. The van der Waals surface area contributed by atoms with Crippen molar-refractivity contribution in [2.75, 3.05) is 6.61 Å². The molecule has 210 valence electrons. The Morgan fingerprint density at radius 3 is 2.17 bits per heavy atom. The van der Waals surface area contributed by atoms with Crippen molar-refractivity contribution in [3.05, 3.63) is 114 Å². The summed E-state index contributed by atoms with van der Waals surface area (Å²) < 4.78 is 17.3. The number of fused-ring (bicyclic) bond motifs is 1. The van der Waals surface area contributed by atoms with E-state index in [0.717, 1.165) is 6.42 Å². The van der Waals surface area contributed by atoms with Gasteiger partial charge in [0.2, 0.25) is 0 Å². The van der Waals surface area contributed by atoms with Crippen LogP contribution in [0.1, 0.15) is 33.4 Å². The van der Waals surface area contributed by atoms with E-state index in [1.165, 1.54) is 21.2 Å². The normalized spacial score (nSPS) is 19.5. The number of H-pyrrole nitrogens is 1. The fourth-order valence-corrected chi connectivity index (χ4v) is 13.2. The molecule has 7 nitrogen and oxygen atoms in total. The molecular formula is C32H34N4O3SeSi. The van der Waals surface area contributed by atoms with E-state index < -0.39 is 8.32 Å². The van der Waals surface area contributed by atoms with E-state index in [2.05, 4.69) is 121 Å². The summed E-state index contributed by atoms with van der Waals surface area (Å²) >= 11 is 0.135. The predicted molar refractivity (Wildman–Crippen MR) is 166 cm³/mol. The number of rotatable bonds is 8. The van der Waals surface area contributed by atoms with Crippen LogP contribution in [0, 0.1) is 0 Å². The van der Waals surface area contributed by atoms with E-state index in [4.69, 9.17) is 9.16 Å².